The lowest BCUT2D eigenvalue weighted by Gasteiger charge is -2.28. The van der Waals surface area contributed by atoms with Crippen molar-refractivity contribution in [2.24, 2.45) is 4.99 Å². The van der Waals surface area contributed by atoms with E-state index in [0.29, 0.717) is 0 Å². The average Bonchev–Trinajstić information content (AvgIpc) is 3.07. The Kier molecular flexibility index (Phi) is 5.64. The molecule has 5 heterocycles. The van der Waals surface area contributed by atoms with Gasteiger partial charge in [0.25, 0.3) is 0 Å². The highest BCUT2D eigenvalue weighted by Gasteiger charge is 2.21. The van der Waals surface area contributed by atoms with Crippen LogP contribution in [0.5, 0.6) is 0 Å². The molecule has 0 radical (unpaired) electrons. The van der Waals surface area contributed by atoms with Gasteiger partial charge in [-0.2, -0.15) is 0 Å². The highest BCUT2D eigenvalue weighted by Crippen LogP contribution is 2.23. The van der Waals surface area contributed by atoms with Gasteiger partial charge in [0, 0.05) is 74.7 Å². The molecule has 3 aromatic rings. The van der Waals surface area contributed by atoms with Crippen molar-refractivity contribution in [3.63, 3.8) is 0 Å². The maximum absolute atomic E-state index is 4.88. The highest BCUT2D eigenvalue weighted by atomic mass is 15.1. The van der Waals surface area contributed by atoms with Crippen LogP contribution in [0.4, 0.5) is 0 Å². The van der Waals surface area contributed by atoms with Gasteiger partial charge < -0.3 is 4.57 Å². The Morgan fingerprint density at radius 1 is 1.06 bits per heavy atom. The van der Waals surface area contributed by atoms with E-state index in [0.717, 1.165) is 57.1 Å². The second-order valence-corrected chi connectivity index (χ2v) is 8.76. The van der Waals surface area contributed by atoms with Gasteiger partial charge in [0.05, 0.1) is 11.4 Å². The topological polar surface area (TPSA) is 59.2 Å². The molecule has 6 heteroatoms. The number of aliphatic imine (C=N–C) groups is 1. The molecule has 0 aromatic carbocycles. The summed E-state index contributed by atoms with van der Waals surface area (Å²) in [7, 11) is 0. The van der Waals surface area contributed by atoms with Gasteiger partial charge in [-0.05, 0) is 56.4 Å². The van der Waals surface area contributed by atoms with E-state index < -0.39 is 0 Å². The van der Waals surface area contributed by atoms with Crippen molar-refractivity contribution in [1.29, 1.82) is 0 Å². The van der Waals surface area contributed by atoms with Crippen LogP contribution in [0, 0.1) is 13.8 Å². The summed E-state index contributed by atoms with van der Waals surface area (Å²) < 4.78 is 2.39. The van der Waals surface area contributed by atoms with Crippen molar-refractivity contribution in [1.82, 2.24) is 24.4 Å². The van der Waals surface area contributed by atoms with Gasteiger partial charge in [-0.1, -0.05) is 6.07 Å². The lowest BCUT2D eigenvalue weighted by molar-refractivity contribution is 0.242. The highest BCUT2D eigenvalue weighted by molar-refractivity contribution is 5.97. The Hall–Kier alpha value is -2.86. The van der Waals surface area contributed by atoms with Crippen molar-refractivity contribution in [3.05, 3.63) is 76.4 Å². The summed E-state index contributed by atoms with van der Waals surface area (Å²) in [6, 6.07) is 6.48. The van der Waals surface area contributed by atoms with Crippen LogP contribution in [-0.2, 0) is 26.1 Å². The number of hydrogen-bond donors (Lipinski definition) is 0. The van der Waals surface area contributed by atoms with Crippen LogP contribution in [0.3, 0.4) is 0 Å². The quantitative estimate of drug-likeness (QED) is 0.636. The largest absolute Gasteiger partial charge is 0.344 e. The molecule has 0 spiro atoms. The number of hydrogen-bond acceptors (Lipinski definition) is 5. The third-order valence-corrected chi connectivity index (χ3v) is 6.53. The van der Waals surface area contributed by atoms with Gasteiger partial charge in [-0.3, -0.25) is 14.9 Å². The number of pyridine rings is 1. The van der Waals surface area contributed by atoms with Gasteiger partial charge in [-0.25, -0.2) is 9.97 Å². The minimum Gasteiger partial charge on any atom is -0.344 e. The van der Waals surface area contributed by atoms with Gasteiger partial charge in [0.1, 0.15) is 0 Å². The molecule has 0 bridgehead atoms. The molecule has 5 rings (SSSR count). The molecule has 0 saturated carbocycles. The molecule has 0 amide bonds. The molecule has 0 unspecified atom stereocenters. The number of nitrogens with zero attached hydrogens (tertiary/aromatic N) is 6. The summed E-state index contributed by atoms with van der Waals surface area (Å²) in [5.74, 6) is 0.853. The Morgan fingerprint density at radius 2 is 2.00 bits per heavy atom. The SMILES string of the molecule is Cc1cc(CN2CCc3nc(C4=NCCCC4)ncc3C2)c(C)n1Cc1cccnc1. The van der Waals surface area contributed by atoms with E-state index in [1.165, 1.54) is 46.6 Å². The average molecular weight is 415 g/mol. The van der Waals surface area contributed by atoms with Crippen LogP contribution in [-0.4, -0.2) is 43.2 Å². The second-order valence-electron chi connectivity index (χ2n) is 8.76. The second kappa shape index (κ2) is 8.71. The van der Waals surface area contributed by atoms with Crippen LogP contribution in [0.15, 0.2) is 41.8 Å². The zero-order valence-electron chi connectivity index (χ0n) is 18.5. The van der Waals surface area contributed by atoms with E-state index in [1.54, 1.807) is 0 Å². The normalized spacial score (nSPS) is 16.8. The van der Waals surface area contributed by atoms with Crippen molar-refractivity contribution >= 4 is 5.71 Å². The molecular weight excluding hydrogens is 384 g/mol. The predicted molar refractivity (Wildman–Crippen MR) is 122 cm³/mol. The van der Waals surface area contributed by atoms with Crippen LogP contribution < -0.4 is 0 Å². The van der Waals surface area contributed by atoms with Gasteiger partial charge >= 0.3 is 0 Å². The minimum atomic E-state index is 0.853. The smallest absolute Gasteiger partial charge is 0.173 e. The fraction of sp³-hybridized carbons (Fsp3) is 0.440. The number of aryl methyl sites for hydroxylation is 1. The molecule has 0 aliphatic carbocycles. The lowest BCUT2D eigenvalue weighted by atomic mass is 10.0. The standard InChI is InChI=1S/C25H30N6/c1-18-12-21(19(2)31(18)15-20-6-5-9-26-13-20)16-30-11-8-23-22(17-30)14-28-25(29-23)24-7-3-4-10-27-24/h5-6,9,12-14H,3-4,7-8,10-11,15-17H2,1-2H3. The molecule has 0 saturated heterocycles. The summed E-state index contributed by atoms with van der Waals surface area (Å²) in [5.41, 5.74) is 8.84. The monoisotopic (exact) mass is 414 g/mol. The third kappa shape index (κ3) is 4.30. The fourth-order valence-electron chi connectivity index (χ4n) is 4.72. The first-order valence-electron chi connectivity index (χ1n) is 11.3. The number of rotatable bonds is 5. The maximum atomic E-state index is 4.88. The Bertz CT molecular complexity index is 1100. The first-order chi connectivity index (χ1) is 15.2. The Labute approximate surface area is 184 Å². The van der Waals surface area contributed by atoms with Gasteiger partial charge in [0.2, 0.25) is 0 Å². The van der Waals surface area contributed by atoms with E-state index >= 15 is 0 Å². The van der Waals surface area contributed by atoms with Crippen molar-refractivity contribution in [2.45, 2.75) is 59.2 Å². The first-order valence-corrected chi connectivity index (χ1v) is 11.3. The Balaban J connectivity index is 1.29. The van der Waals surface area contributed by atoms with Crippen LogP contribution >= 0.6 is 0 Å². The zero-order chi connectivity index (χ0) is 21.2. The van der Waals surface area contributed by atoms with Crippen molar-refractivity contribution in [3.8, 4) is 0 Å². The lowest BCUT2D eigenvalue weighted by Crippen LogP contribution is -2.31. The third-order valence-electron chi connectivity index (χ3n) is 6.53. The summed E-state index contributed by atoms with van der Waals surface area (Å²) in [4.78, 5) is 21.0. The van der Waals surface area contributed by atoms with E-state index in [9.17, 15) is 0 Å². The predicted octanol–water partition coefficient (Wildman–Crippen LogP) is 3.87. The molecule has 31 heavy (non-hydrogen) atoms. The van der Waals surface area contributed by atoms with Crippen LogP contribution in [0.25, 0.3) is 0 Å². The minimum absolute atomic E-state index is 0.853. The van der Waals surface area contributed by atoms with E-state index in [-0.39, 0.29) is 0 Å². The molecule has 160 valence electrons. The van der Waals surface area contributed by atoms with Crippen LogP contribution in [0.2, 0.25) is 0 Å². The Morgan fingerprint density at radius 3 is 2.81 bits per heavy atom. The summed E-state index contributed by atoms with van der Waals surface area (Å²) >= 11 is 0. The van der Waals surface area contributed by atoms with Crippen LogP contribution in [0.1, 0.15) is 58.9 Å². The first kappa shape index (κ1) is 20.1. The molecule has 3 aromatic heterocycles. The maximum Gasteiger partial charge on any atom is 0.173 e. The van der Waals surface area contributed by atoms with Gasteiger partial charge in [0.15, 0.2) is 5.82 Å². The van der Waals surface area contributed by atoms with Gasteiger partial charge in [-0.15, -0.1) is 0 Å². The summed E-state index contributed by atoms with van der Waals surface area (Å²) in [6.45, 7) is 9.12. The van der Waals surface area contributed by atoms with Crippen molar-refractivity contribution < 1.29 is 0 Å². The molecular formula is C25H30N6. The number of fused-ring (bicyclic) bond motifs is 1. The molecule has 0 fully saturated rings. The number of aromatic nitrogens is 4. The molecule has 2 aliphatic rings. The summed E-state index contributed by atoms with van der Waals surface area (Å²) in [5, 5.41) is 0. The molecule has 2 aliphatic heterocycles. The van der Waals surface area contributed by atoms with E-state index in [4.69, 9.17) is 4.98 Å². The van der Waals surface area contributed by atoms with E-state index in [1.807, 2.05) is 24.7 Å². The molecule has 6 nitrogen and oxygen atoms in total. The fourth-order valence-corrected chi connectivity index (χ4v) is 4.72. The molecule has 0 atom stereocenters. The molecule has 0 N–H and O–H groups in total. The van der Waals surface area contributed by atoms with E-state index in [2.05, 4.69) is 50.4 Å². The van der Waals surface area contributed by atoms with Crippen molar-refractivity contribution in [2.75, 3.05) is 13.1 Å². The zero-order valence-corrected chi connectivity index (χ0v) is 18.5. The summed E-state index contributed by atoms with van der Waals surface area (Å²) in [6.07, 6.45) is 10.2.